The summed E-state index contributed by atoms with van der Waals surface area (Å²) in [5.74, 6) is -0.850. The van der Waals surface area contributed by atoms with Crippen molar-refractivity contribution in [2.45, 2.75) is 12.7 Å². The molecule has 0 radical (unpaired) electrons. The normalized spacial score (nSPS) is 11.5. The van der Waals surface area contributed by atoms with Crippen LogP contribution >= 0.6 is 0 Å². The number of benzene rings is 1. The van der Waals surface area contributed by atoms with E-state index in [0.717, 1.165) is 6.20 Å². The van der Waals surface area contributed by atoms with Gasteiger partial charge in [-0.2, -0.15) is 5.10 Å². The van der Waals surface area contributed by atoms with Crippen molar-refractivity contribution in [3.05, 3.63) is 59.4 Å². The van der Waals surface area contributed by atoms with Crippen LogP contribution in [0.3, 0.4) is 0 Å². The van der Waals surface area contributed by atoms with Crippen LogP contribution in [0.4, 0.5) is 8.78 Å². The fourth-order valence-corrected chi connectivity index (χ4v) is 2.20. The molecule has 0 fully saturated rings. The highest BCUT2D eigenvalue weighted by Gasteiger charge is 2.16. The number of nitrogens with zero attached hydrogens (tertiary/aromatic N) is 3. The molecule has 0 unspecified atom stereocenters. The minimum absolute atomic E-state index is 0.161. The number of halogens is 2. The zero-order valence-corrected chi connectivity index (χ0v) is 11.0. The molecule has 0 aliphatic carbocycles. The summed E-state index contributed by atoms with van der Waals surface area (Å²) >= 11 is 0. The molecule has 108 valence electrons. The van der Waals surface area contributed by atoms with Crippen molar-refractivity contribution in [1.82, 2.24) is 14.8 Å². The SMILES string of the molecule is NC(N)c1nn(Cc2ccccc2F)c2ncc(F)cc12. The largest absolute Gasteiger partial charge is 0.311 e. The van der Waals surface area contributed by atoms with E-state index in [4.69, 9.17) is 11.5 Å². The quantitative estimate of drug-likeness (QED) is 0.719. The van der Waals surface area contributed by atoms with Crippen molar-refractivity contribution in [2.75, 3.05) is 0 Å². The maximum Gasteiger partial charge on any atom is 0.158 e. The molecule has 0 atom stereocenters. The van der Waals surface area contributed by atoms with E-state index in [1.165, 1.54) is 16.8 Å². The van der Waals surface area contributed by atoms with Gasteiger partial charge in [0.15, 0.2) is 5.65 Å². The van der Waals surface area contributed by atoms with Crippen LogP contribution in [0.15, 0.2) is 36.5 Å². The van der Waals surface area contributed by atoms with Crippen LogP contribution in [0.5, 0.6) is 0 Å². The number of hydrogen-bond acceptors (Lipinski definition) is 4. The average molecular weight is 289 g/mol. The fraction of sp³-hybridized carbons (Fsp3) is 0.143. The molecule has 4 N–H and O–H groups in total. The van der Waals surface area contributed by atoms with E-state index < -0.39 is 12.0 Å². The molecule has 21 heavy (non-hydrogen) atoms. The Balaban J connectivity index is 2.13. The molecule has 0 saturated heterocycles. The predicted molar refractivity (Wildman–Crippen MR) is 74.1 cm³/mol. The summed E-state index contributed by atoms with van der Waals surface area (Å²) in [5, 5.41) is 4.67. The molecule has 2 heterocycles. The summed E-state index contributed by atoms with van der Waals surface area (Å²) in [6.45, 7) is 0.161. The number of fused-ring (bicyclic) bond motifs is 1. The topological polar surface area (TPSA) is 82.8 Å². The first kappa shape index (κ1) is 13.6. The highest BCUT2D eigenvalue weighted by atomic mass is 19.1. The van der Waals surface area contributed by atoms with Gasteiger partial charge in [-0.1, -0.05) is 18.2 Å². The van der Waals surface area contributed by atoms with Crippen LogP contribution in [-0.2, 0) is 6.54 Å². The minimum atomic E-state index is -0.863. The van der Waals surface area contributed by atoms with Crippen molar-refractivity contribution >= 4 is 11.0 Å². The molecule has 0 aliphatic heterocycles. The zero-order valence-electron chi connectivity index (χ0n) is 11.0. The van der Waals surface area contributed by atoms with Gasteiger partial charge in [-0.25, -0.2) is 18.4 Å². The van der Waals surface area contributed by atoms with Crippen LogP contribution in [0.2, 0.25) is 0 Å². The van der Waals surface area contributed by atoms with Crippen LogP contribution in [0.1, 0.15) is 17.4 Å². The molecular weight excluding hydrogens is 276 g/mol. The van der Waals surface area contributed by atoms with Crippen LogP contribution in [-0.4, -0.2) is 14.8 Å². The summed E-state index contributed by atoms with van der Waals surface area (Å²) in [4.78, 5) is 4.00. The highest BCUT2D eigenvalue weighted by Crippen LogP contribution is 2.21. The first-order valence-corrected chi connectivity index (χ1v) is 6.33. The predicted octanol–water partition coefficient (Wildman–Crippen LogP) is 1.67. The van der Waals surface area contributed by atoms with Gasteiger partial charge in [0.05, 0.1) is 18.9 Å². The molecule has 0 saturated carbocycles. The van der Waals surface area contributed by atoms with E-state index in [9.17, 15) is 8.78 Å². The molecule has 1 aromatic carbocycles. The zero-order chi connectivity index (χ0) is 15.0. The third-order valence-electron chi connectivity index (χ3n) is 3.18. The van der Waals surface area contributed by atoms with Gasteiger partial charge in [0.2, 0.25) is 0 Å². The number of aromatic nitrogens is 3. The summed E-state index contributed by atoms with van der Waals surface area (Å²) in [6, 6.07) is 7.62. The van der Waals surface area contributed by atoms with Crippen molar-refractivity contribution < 1.29 is 8.78 Å². The molecule has 3 aromatic rings. The summed E-state index contributed by atoms with van der Waals surface area (Å²) in [5.41, 5.74) is 12.5. The lowest BCUT2D eigenvalue weighted by atomic mass is 10.2. The van der Waals surface area contributed by atoms with E-state index in [-0.39, 0.29) is 12.4 Å². The van der Waals surface area contributed by atoms with Crippen molar-refractivity contribution in [3.63, 3.8) is 0 Å². The van der Waals surface area contributed by atoms with Crippen molar-refractivity contribution in [1.29, 1.82) is 0 Å². The molecule has 3 rings (SSSR count). The Bertz CT molecular complexity index is 797. The van der Waals surface area contributed by atoms with E-state index in [0.29, 0.717) is 22.3 Å². The molecule has 5 nitrogen and oxygen atoms in total. The van der Waals surface area contributed by atoms with Crippen LogP contribution in [0.25, 0.3) is 11.0 Å². The van der Waals surface area contributed by atoms with Gasteiger partial charge in [-0.15, -0.1) is 0 Å². The van der Waals surface area contributed by atoms with Gasteiger partial charge >= 0.3 is 0 Å². The Hall–Kier alpha value is -2.38. The molecule has 0 bridgehead atoms. The second-order valence-electron chi connectivity index (χ2n) is 4.68. The van der Waals surface area contributed by atoms with E-state index in [1.54, 1.807) is 18.2 Å². The van der Waals surface area contributed by atoms with E-state index in [1.807, 2.05) is 0 Å². The molecule has 0 spiro atoms. The second-order valence-corrected chi connectivity index (χ2v) is 4.68. The standard InChI is InChI=1S/C14H13F2N5/c15-9-5-10-12(13(17)18)20-21(14(10)19-6-9)7-8-3-1-2-4-11(8)16/h1-6,13H,7,17-18H2. The van der Waals surface area contributed by atoms with Crippen molar-refractivity contribution in [3.8, 4) is 0 Å². The van der Waals surface area contributed by atoms with Gasteiger partial charge < -0.3 is 11.5 Å². The van der Waals surface area contributed by atoms with Gasteiger partial charge in [0.25, 0.3) is 0 Å². The second kappa shape index (κ2) is 5.19. The third kappa shape index (κ3) is 2.48. The first-order chi connectivity index (χ1) is 10.1. The highest BCUT2D eigenvalue weighted by molar-refractivity contribution is 5.78. The molecule has 0 aliphatic rings. The lowest BCUT2D eigenvalue weighted by Gasteiger charge is -2.04. The van der Waals surface area contributed by atoms with Gasteiger partial charge in [0, 0.05) is 10.9 Å². The Labute approximate surface area is 119 Å². The first-order valence-electron chi connectivity index (χ1n) is 6.33. The smallest absolute Gasteiger partial charge is 0.158 e. The maximum atomic E-state index is 13.7. The molecule has 2 aromatic heterocycles. The molecular formula is C14H13F2N5. The molecule has 7 heteroatoms. The Kier molecular flexibility index (Phi) is 3.36. The average Bonchev–Trinajstić information content (AvgIpc) is 2.79. The summed E-state index contributed by atoms with van der Waals surface area (Å²) in [6.07, 6.45) is 0.214. The fourth-order valence-electron chi connectivity index (χ4n) is 2.20. The Morgan fingerprint density at radius 2 is 1.95 bits per heavy atom. The van der Waals surface area contributed by atoms with Gasteiger partial charge in [-0.3, -0.25) is 0 Å². The summed E-state index contributed by atoms with van der Waals surface area (Å²) in [7, 11) is 0. The van der Waals surface area contributed by atoms with E-state index >= 15 is 0 Å². The Morgan fingerprint density at radius 1 is 1.19 bits per heavy atom. The monoisotopic (exact) mass is 289 g/mol. The van der Waals surface area contributed by atoms with Crippen LogP contribution in [0, 0.1) is 11.6 Å². The number of rotatable bonds is 3. The number of pyridine rings is 1. The van der Waals surface area contributed by atoms with Gasteiger partial charge in [0.1, 0.15) is 17.3 Å². The number of nitrogens with two attached hydrogens (primary N) is 2. The minimum Gasteiger partial charge on any atom is -0.311 e. The van der Waals surface area contributed by atoms with Crippen LogP contribution < -0.4 is 11.5 Å². The Morgan fingerprint density at radius 3 is 2.67 bits per heavy atom. The maximum absolute atomic E-state index is 13.7. The number of hydrogen-bond donors (Lipinski definition) is 2. The lowest BCUT2D eigenvalue weighted by Crippen LogP contribution is -2.21. The van der Waals surface area contributed by atoms with Crippen molar-refractivity contribution in [2.24, 2.45) is 11.5 Å². The molecule has 0 amide bonds. The van der Waals surface area contributed by atoms with E-state index in [2.05, 4.69) is 10.1 Å². The summed E-state index contributed by atoms with van der Waals surface area (Å²) < 4.78 is 28.5. The lowest BCUT2D eigenvalue weighted by molar-refractivity contribution is 0.582. The third-order valence-corrected chi connectivity index (χ3v) is 3.18. The van der Waals surface area contributed by atoms with Gasteiger partial charge in [-0.05, 0) is 12.1 Å².